The molecule has 0 spiro atoms. The van der Waals surface area contributed by atoms with Crippen LogP contribution in [0.5, 0.6) is 0 Å². The summed E-state index contributed by atoms with van der Waals surface area (Å²) in [7, 11) is 0. The third-order valence-corrected chi connectivity index (χ3v) is 4.17. The zero-order valence-corrected chi connectivity index (χ0v) is 12.4. The summed E-state index contributed by atoms with van der Waals surface area (Å²) >= 11 is 0. The monoisotopic (exact) mass is 290 g/mol. The lowest BCUT2D eigenvalue weighted by Gasteiger charge is -2.18. The highest BCUT2D eigenvalue weighted by atomic mass is 16.2. The lowest BCUT2D eigenvalue weighted by atomic mass is 10.1. The quantitative estimate of drug-likeness (QED) is 0.836. The van der Waals surface area contributed by atoms with Crippen LogP contribution in [0.1, 0.15) is 26.2 Å². The molecule has 2 amide bonds. The topological polar surface area (TPSA) is 67.2 Å². The molecule has 0 unspecified atom stereocenters. The first-order valence-corrected chi connectivity index (χ1v) is 7.67. The predicted molar refractivity (Wildman–Crippen MR) is 77.2 cm³/mol. The van der Waals surface area contributed by atoms with E-state index in [-0.39, 0.29) is 23.8 Å². The molecule has 114 valence electrons. The normalized spacial score (nSPS) is 23.4. The van der Waals surface area contributed by atoms with E-state index in [0.29, 0.717) is 25.4 Å². The van der Waals surface area contributed by atoms with Gasteiger partial charge in [-0.2, -0.15) is 5.10 Å². The molecular weight excluding hydrogens is 268 g/mol. The summed E-state index contributed by atoms with van der Waals surface area (Å²) < 4.78 is 1.80. The molecule has 6 heteroatoms. The molecule has 2 aliphatic rings. The number of nitrogens with one attached hydrogen (secondary N) is 1. The molecule has 2 heterocycles. The van der Waals surface area contributed by atoms with E-state index in [2.05, 4.69) is 10.4 Å². The summed E-state index contributed by atoms with van der Waals surface area (Å²) in [5, 5.41) is 7.12. The maximum atomic E-state index is 12.3. The Morgan fingerprint density at radius 3 is 3.00 bits per heavy atom. The Hall–Kier alpha value is -1.85. The molecule has 0 radical (unpaired) electrons. The van der Waals surface area contributed by atoms with E-state index in [1.165, 1.54) is 12.8 Å². The summed E-state index contributed by atoms with van der Waals surface area (Å²) in [5.74, 6) is 0.592. The van der Waals surface area contributed by atoms with E-state index in [9.17, 15) is 9.59 Å². The van der Waals surface area contributed by atoms with Gasteiger partial charge < -0.3 is 10.2 Å². The van der Waals surface area contributed by atoms with E-state index in [1.54, 1.807) is 10.9 Å². The molecule has 21 heavy (non-hydrogen) atoms. The maximum Gasteiger partial charge on any atom is 0.225 e. The summed E-state index contributed by atoms with van der Waals surface area (Å²) in [6.45, 7) is 4.02. The minimum Gasteiger partial charge on any atom is -0.351 e. The van der Waals surface area contributed by atoms with Gasteiger partial charge in [-0.25, -0.2) is 0 Å². The number of carbonyl (C=O) groups is 2. The number of carbonyl (C=O) groups excluding carboxylic acids is 2. The third-order valence-electron chi connectivity index (χ3n) is 4.17. The zero-order valence-electron chi connectivity index (χ0n) is 12.4. The number of rotatable bonds is 6. The van der Waals surface area contributed by atoms with Gasteiger partial charge in [0, 0.05) is 37.9 Å². The number of nitrogens with zero attached hydrogens (tertiary/aromatic N) is 3. The molecule has 1 N–H and O–H groups in total. The molecule has 0 bridgehead atoms. The van der Waals surface area contributed by atoms with Crippen molar-refractivity contribution in [1.29, 1.82) is 0 Å². The molecule has 1 aromatic heterocycles. The molecule has 2 fully saturated rings. The zero-order chi connectivity index (χ0) is 14.8. The third kappa shape index (κ3) is 3.62. The van der Waals surface area contributed by atoms with Crippen molar-refractivity contribution in [2.45, 2.75) is 38.8 Å². The Morgan fingerprint density at radius 2 is 2.33 bits per heavy atom. The highest BCUT2D eigenvalue weighted by molar-refractivity contribution is 5.89. The van der Waals surface area contributed by atoms with Crippen molar-refractivity contribution >= 4 is 11.8 Å². The number of likely N-dealkylation sites (tertiary alicyclic amines) is 1. The van der Waals surface area contributed by atoms with Crippen LogP contribution >= 0.6 is 0 Å². The fourth-order valence-corrected chi connectivity index (χ4v) is 2.83. The molecule has 1 aliphatic heterocycles. The smallest absolute Gasteiger partial charge is 0.225 e. The Bertz CT molecular complexity index is 510. The molecule has 1 aliphatic carbocycles. The van der Waals surface area contributed by atoms with Crippen LogP contribution < -0.4 is 5.32 Å². The summed E-state index contributed by atoms with van der Waals surface area (Å²) in [4.78, 5) is 26.0. The average molecular weight is 290 g/mol. The number of hydrogen-bond donors (Lipinski definition) is 1. The largest absolute Gasteiger partial charge is 0.351 e. The average Bonchev–Trinajstić information content (AvgIpc) is 2.95. The van der Waals surface area contributed by atoms with Crippen molar-refractivity contribution in [1.82, 2.24) is 20.0 Å². The van der Waals surface area contributed by atoms with Gasteiger partial charge in [-0.1, -0.05) is 0 Å². The van der Waals surface area contributed by atoms with Crippen LogP contribution in [0.25, 0.3) is 0 Å². The van der Waals surface area contributed by atoms with Crippen LogP contribution in [0.2, 0.25) is 0 Å². The Balaban J connectivity index is 1.47. The number of aromatic nitrogens is 2. The van der Waals surface area contributed by atoms with Crippen molar-refractivity contribution in [3.05, 3.63) is 18.5 Å². The van der Waals surface area contributed by atoms with E-state index >= 15 is 0 Å². The van der Waals surface area contributed by atoms with E-state index in [4.69, 9.17) is 0 Å². The standard InChI is InChI=1S/C15H22N4O2/c1-11(8-19-6-2-5-16-19)17-15(21)13-7-14(20)18(10-13)9-12-3-4-12/h2,5-6,11-13H,3-4,7-10H2,1H3,(H,17,21)/t11-,13-/m0/s1. The minimum absolute atomic E-state index is 0.00461. The fourth-order valence-electron chi connectivity index (χ4n) is 2.83. The van der Waals surface area contributed by atoms with Gasteiger partial charge in [0.25, 0.3) is 0 Å². The molecule has 1 aromatic rings. The predicted octanol–water partition coefficient (Wildman–Crippen LogP) is 0.646. The number of hydrogen-bond acceptors (Lipinski definition) is 3. The van der Waals surface area contributed by atoms with E-state index < -0.39 is 0 Å². The van der Waals surface area contributed by atoms with Crippen LogP contribution in [0.15, 0.2) is 18.5 Å². The van der Waals surface area contributed by atoms with Crippen molar-refractivity contribution in [2.24, 2.45) is 11.8 Å². The van der Waals surface area contributed by atoms with Crippen LogP contribution in [-0.4, -0.2) is 45.6 Å². The van der Waals surface area contributed by atoms with Crippen LogP contribution in [0, 0.1) is 11.8 Å². The van der Waals surface area contributed by atoms with E-state index in [1.807, 2.05) is 24.1 Å². The fraction of sp³-hybridized carbons (Fsp3) is 0.667. The van der Waals surface area contributed by atoms with Crippen molar-refractivity contribution in [3.63, 3.8) is 0 Å². The first-order valence-electron chi connectivity index (χ1n) is 7.67. The maximum absolute atomic E-state index is 12.3. The molecule has 2 atom stereocenters. The molecule has 3 rings (SSSR count). The van der Waals surface area contributed by atoms with Gasteiger partial charge in [-0.05, 0) is 31.7 Å². The van der Waals surface area contributed by atoms with Crippen LogP contribution in [0.3, 0.4) is 0 Å². The highest BCUT2D eigenvalue weighted by Gasteiger charge is 2.37. The van der Waals surface area contributed by atoms with Gasteiger partial charge in [0.15, 0.2) is 0 Å². The highest BCUT2D eigenvalue weighted by Crippen LogP contribution is 2.31. The summed E-state index contributed by atoms with van der Waals surface area (Å²) in [6, 6.07) is 1.87. The second-order valence-corrected chi connectivity index (χ2v) is 6.28. The first kappa shape index (κ1) is 14.1. The molecule has 0 aromatic carbocycles. The van der Waals surface area contributed by atoms with Gasteiger partial charge in [0.05, 0.1) is 12.5 Å². The molecule has 1 saturated heterocycles. The molecule has 6 nitrogen and oxygen atoms in total. The van der Waals surface area contributed by atoms with Gasteiger partial charge in [0.1, 0.15) is 0 Å². The lowest BCUT2D eigenvalue weighted by molar-refractivity contribution is -0.129. The van der Waals surface area contributed by atoms with Gasteiger partial charge in [-0.15, -0.1) is 0 Å². The number of amides is 2. The van der Waals surface area contributed by atoms with Gasteiger partial charge in [0.2, 0.25) is 11.8 Å². The van der Waals surface area contributed by atoms with Gasteiger partial charge >= 0.3 is 0 Å². The lowest BCUT2D eigenvalue weighted by Crippen LogP contribution is -2.40. The minimum atomic E-state index is -0.198. The summed E-state index contributed by atoms with van der Waals surface area (Å²) in [5.41, 5.74) is 0. The van der Waals surface area contributed by atoms with Crippen molar-refractivity contribution in [3.8, 4) is 0 Å². The summed E-state index contributed by atoms with van der Waals surface area (Å²) in [6.07, 6.45) is 6.40. The SMILES string of the molecule is C[C@@H](Cn1cccn1)NC(=O)[C@H]1CC(=O)N(CC2CC2)C1. The molecular formula is C15H22N4O2. The van der Waals surface area contributed by atoms with Gasteiger partial charge in [-0.3, -0.25) is 14.3 Å². The first-order chi connectivity index (χ1) is 10.1. The van der Waals surface area contributed by atoms with Crippen LogP contribution in [-0.2, 0) is 16.1 Å². The Morgan fingerprint density at radius 1 is 1.52 bits per heavy atom. The van der Waals surface area contributed by atoms with Crippen molar-refractivity contribution in [2.75, 3.05) is 13.1 Å². The second kappa shape index (κ2) is 5.87. The Labute approximate surface area is 124 Å². The van der Waals surface area contributed by atoms with Crippen molar-refractivity contribution < 1.29 is 9.59 Å². The van der Waals surface area contributed by atoms with Crippen LogP contribution in [0.4, 0.5) is 0 Å². The second-order valence-electron chi connectivity index (χ2n) is 6.28. The molecule has 1 saturated carbocycles. The Kier molecular flexibility index (Phi) is 3.94. The van der Waals surface area contributed by atoms with E-state index in [0.717, 1.165) is 6.54 Å².